The minimum Gasteiger partial charge on any atom is -0.302 e. The van der Waals surface area contributed by atoms with E-state index in [9.17, 15) is 0 Å². The average molecular weight is 349 g/mol. The quantitative estimate of drug-likeness (QED) is 0.520. The van der Waals surface area contributed by atoms with Gasteiger partial charge in [0.15, 0.2) is 0 Å². The number of benzene rings is 1. The summed E-state index contributed by atoms with van der Waals surface area (Å²) in [5.41, 5.74) is 1.37. The van der Waals surface area contributed by atoms with Crippen molar-refractivity contribution < 1.29 is 0 Å². The number of unbranched alkanes of at least 4 members (excludes halogenated alkanes) is 2. The van der Waals surface area contributed by atoms with Crippen LogP contribution in [0.3, 0.4) is 0 Å². The van der Waals surface area contributed by atoms with E-state index in [4.69, 9.17) is 0 Å². The van der Waals surface area contributed by atoms with Crippen molar-refractivity contribution in [1.29, 1.82) is 0 Å². The Bertz CT molecular complexity index is 302. The van der Waals surface area contributed by atoms with Crippen molar-refractivity contribution in [3.63, 3.8) is 0 Å². The zero-order valence-electron chi connectivity index (χ0n) is 9.76. The number of halogens is 2. The van der Waals surface area contributed by atoms with Crippen LogP contribution in [0.4, 0.5) is 0 Å². The smallest absolute Gasteiger partial charge is 0.0231 e. The summed E-state index contributed by atoms with van der Waals surface area (Å²) in [5, 5.41) is 1.13. The van der Waals surface area contributed by atoms with Crippen molar-refractivity contribution in [3.8, 4) is 0 Å². The van der Waals surface area contributed by atoms with Crippen molar-refractivity contribution in [2.24, 2.45) is 0 Å². The predicted octanol–water partition coefficient (Wildman–Crippen LogP) is 4.45. The minimum absolute atomic E-state index is 1.04. The van der Waals surface area contributed by atoms with Gasteiger partial charge in [-0.3, -0.25) is 0 Å². The lowest BCUT2D eigenvalue weighted by atomic mass is 10.2. The SMILES string of the molecule is CN(CCCCCBr)Cc1cccc(Br)c1. The molecule has 90 valence electrons. The minimum atomic E-state index is 1.04. The van der Waals surface area contributed by atoms with E-state index in [2.05, 4.69) is 68.1 Å². The molecule has 0 atom stereocenters. The Balaban J connectivity index is 2.25. The van der Waals surface area contributed by atoms with Crippen LogP contribution in [0, 0.1) is 0 Å². The molecule has 0 amide bonds. The van der Waals surface area contributed by atoms with Crippen LogP contribution in [-0.4, -0.2) is 23.8 Å². The summed E-state index contributed by atoms with van der Waals surface area (Å²) in [6, 6.07) is 8.53. The first-order valence-electron chi connectivity index (χ1n) is 5.71. The van der Waals surface area contributed by atoms with Crippen LogP contribution >= 0.6 is 31.9 Å². The standard InChI is InChI=1S/C13H19Br2N/c1-16(9-4-2-3-8-14)11-12-6-5-7-13(15)10-12/h5-7,10H,2-4,8-9,11H2,1H3. The summed E-state index contributed by atoms with van der Waals surface area (Å²) in [4.78, 5) is 2.38. The molecule has 1 rings (SSSR count). The molecular formula is C13H19Br2N. The van der Waals surface area contributed by atoms with Gasteiger partial charge in [0.05, 0.1) is 0 Å². The molecule has 0 radical (unpaired) electrons. The van der Waals surface area contributed by atoms with Gasteiger partial charge in [0.1, 0.15) is 0 Å². The van der Waals surface area contributed by atoms with E-state index in [1.807, 2.05) is 0 Å². The van der Waals surface area contributed by atoms with E-state index in [1.54, 1.807) is 0 Å². The van der Waals surface area contributed by atoms with Crippen LogP contribution in [0.15, 0.2) is 28.7 Å². The lowest BCUT2D eigenvalue weighted by Gasteiger charge is -2.16. The van der Waals surface area contributed by atoms with Gasteiger partial charge >= 0.3 is 0 Å². The molecule has 0 aromatic heterocycles. The van der Waals surface area contributed by atoms with Gasteiger partial charge in [0, 0.05) is 16.3 Å². The Morgan fingerprint density at radius 3 is 2.69 bits per heavy atom. The van der Waals surface area contributed by atoms with Crippen LogP contribution in [0.25, 0.3) is 0 Å². The average Bonchev–Trinajstić information content (AvgIpc) is 2.24. The number of rotatable bonds is 7. The second-order valence-corrected chi connectivity index (χ2v) is 5.83. The molecule has 0 aliphatic heterocycles. The third-order valence-electron chi connectivity index (χ3n) is 2.51. The summed E-state index contributed by atoms with van der Waals surface area (Å²) in [6.45, 7) is 2.22. The highest BCUT2D eigenvalue weighted by Gasteiger charge is 2.00. The van der Waals surface area contributed by atoms with Crippen LogP contribution in [-0.2, 0) is 6.54 Å². The maximum absolute atomic E-state index is 3.50. The lowest BCUT2D eigenvalue weighted by molar-refractivity contribution is 0.318. The first kappa shape index (κ1) is 14.2. The third kappa shape index (κ3) is 6.02. The van der Waals surface area contributed by atoms with Gasteiger partial charge in [0.25, 0.3) is 0 Å². The van der Waals surface area contributed by atoms with Crippen LogP contribution in [0.1, 0.15) is 24.8 Å². The summed E-state index contributed by atoms with van der Waals surface area (Å²) < 4.78 is 1.16. The predicted molar refractivity (Wildman–Crippen MR) is 78.1 cm³/mol. The molecule has 0 saturated carbocycles. The largest absolute Gasteiger partial charge is 0.302 e. The van der Waals surface area contributed by atoms with Crippen molar-refractivity contribution in [3.05, 3.63) is 34.3 Å². The second kappa shape index (κ2) is 8.26. The zero-order valence-corrected chi connectivity index (χ0v) is 12.9. The van der Waals surface area contributed by atoms with E-state index in [-0.39, 0.29) is 0 Å². The first-order chi connectivity index (χ1) is 7.72. The maximum atomic E-state index is 3.50. The lowest BCUT2D eigenvalue weighted by Crippen LogP contribution is -2.19. The molecule has 1 aromatic carbocycles. The van der Waals surface area contributed by atoms with Gasteiger partial charge in [-0.05, 0) is 44.1 Å². The first-order valence-corrected chi connectivity index (χ1v) is 7.63. The number of alkyl halides is 1. The van der Waals surface area contributed by atoms with Gasteiger partial charge in [-0.2, -0.15) is 0 Å². The van der Waals surface area contributed by atoms with Crippen molar-refractivity contribution >= 4 is 31.9 Å². The Labute approximate surface area is 115 Å². The van der Waals surface area contributed by atoms with Crippen molar-refractivity contribution in [2.45, 2.75) is 25.8 Å². The molecule has 1 nitrogen and oxygen atoms in total. The van der Waals surface area contributed by atoms with Gasteiger partial charge in [0.2, 0.25) is 0 Å². The fourth-order valence-corrected chi connectivity index (χ4v) is 2.52. The molecule has 0 aliphatic rings. The summed E-state index contributed by atoms with van der Waals surface area (Å²) in [5.74, 6) is 0. The van der Waals surface area contributed by atoms with E-state index in [0.29, 0.717) is 0 Å². The zero-order chi connectivity index (χ0) is 11.8. The van der Waals surface area contributed by atoms with E-state index >= 15 is 0 Å². The van der Waals surface area contributed by atoms with Gasteiger partial charge in [-0.25, -0.2) is 0 Å². The summed E-state index contributed by atoms with van der Waals surface area (Å²) >= 11 is 6.96. The second-order valence-electron chi connectivity index (χ2n) is 4.12. The van der Waals surface area contributed by atoms with Gasteiger partial charge < -0.3 is 4.90 Å². The summed E-state index contributed by atoms with van der Waals surface area (Å²) in [6.07, 6.45) is 3.88. The van der Waals surface area contributed by atoms with Crippen molar-refractivity contribution in [2.75, 3.05) is 18.9 Å². The molecule has 0 bridgehead atoms. The molecule has 0 heterocycles. The van der Waals surface area contributed by atoms with Gasteiger partial charge in [-0.15, -0.1) is 0 Å². The van der Waals surface area contributed by atoms with Crippen LogP contribution in [0.2, 0.25) is 0 Å². The molecule has 16 heavy (non-hydrogen) atoms. The molecule has 0 unspecified atom stereocenters. The van der Waals surface area contributed by atoms with E-state index < -0.39 is 0 Å². The normalized spacial score (nSPS) is 11.0. The molecular weight excluding hydrogens is 330 g/mol. The molecule has 3 heteroatoms. The Hall–Kier alpha value is 0.140. The number of hydrogen-bond acceptors (Lipinski definition) is 1. The topological polar surface area (TPSA) is 3.24 Å². The van der Waals surface area contributed by atoms with Crippen molar-refractivity contribution in [1.82, 2.24) is 4.90 Å². The Morgan fingerprint density at radius 1 is 1.19 bits per heavy atom. The monoisotopic (exact) mass is 347 g/mol. The van der Waals surface area contributed by atoms with Crippen LogP contribution in [0.5, 0.6) is 0 Å². The van der Waals surface area contributed by atoms with E-state index in [0.717, 1.165) is 16.3 Å². The number of hydrogen-bond donors (Lipinski definition) is 0. The fraction of sp³-hybridized carbons (Fsp3) is 0.538. The maximum Gasteiger partial charge on any atom is 0.0231 e. The molecule has 0 fully saturated rings. The Morgan fingerprint density at radius 2 is 2.00 bits per heavy atom. The van der Waals surface area contributed by atoms with E-state index in [1.165, 1.54) is 31.4 Å². The highest BCUT2D eigenvalue weighted by molar-refractivity contribution is 9.10. The molecule has 0 spiro atoms. The summed E-state index contributed by atoms with van der Waals surface area (Å²) in [7, 11) is 2.19. The molecule has 0 N–H and O–H groups in total. The third-order valence-corrected chi connectivity index (χ3v) is 3.57. The molecule has 0 aliphatic carbocycles. The Kier molecular flexibility index (Phi) is 7.33. The van der Waals surface area contributed by atoms with Crippen LogP contribution < -0.4 is 0 Å². The fourth-order valence-electron chi connectivity index (χ4n) is 1.68. The molecule has 0 saturated heterocycles. The van der Waals surface area contributed by atoms with Gasteiger partial charge in [-0.1, -0.05) is 50.4 Å². The molecule has 1 aromatic rings. The number of nitrogens with zero attached hydrogens (tertiary/aromatic N) is 1. The highest BCUT2D eigenvalue weighted by Crippen LogP contribution is 2.13. The highest BCUT2D eigenvalue weighted by atomic mass is 79.9.